The molecule has 0 amide bonds. The lowest BCUT2D eigenvalue weighted by Gasteiger charge is -2.36. The molecule has 0 saturated heterocycles. The molecule has 1 aliphatic rings. The third-order valence-electron chi connectivity index (χ3n) is 3.84. The molecular formula is C15H19N3. The highest BCUT2D eigenvalue weighted by Crippen LogP contribution is 2.36. The Morgan fingerprint density at radius 2 is 2.06 bits per heavy atom. The van der Waals surface area contributed by atoms with Gasteiger partial charge in [-0.2, -0.15) is 5.10 Å². The molecule has 1 saturated carbocycles. The minimum Gasteiger partial charge on any atom is -0.310 e. The number of nitrogens with zero attached hydrogens (tertiary/aromatic N) is 1. The van der Waals surface area contributed by atoms with Crippen LogP contribution < -0.4 is 5.32 Å². The first-order valence-electron chi connectivity index (χ1n) is 6.59. The van der Waals surface area contributed by atoms with E-state index in [0.29, 0.717) is 6.04 Å². The predicted molar refractivity (Wildman–Crippen MR) is 72.4 cm³/mol. The van der Waals surface area contributed by atoms with Crippen molar-refractivity contribution >= 4 is 0 Å². The Labute approximate surface area is 108 Å². The van der Waals surface area contributed by atoms with Crippen LogP contribution in [0, 0.1) is 6.92 Å². The average Bonchev–Trinajstić information content (AvgIpc) is 2.82. The molecule has 0 unspecified atom stereocenters. The molecule has 0 spiro atoms. The standard InChI is InChI=1S/C15H19N3/c1-11-2-4-13(5-3-11)14-6-15(7-14)16-8-12-9-17-18-10-12/h2-5,9-10,14-16H,6-8H2,1H3,(H,17,18). The third-order valence-corrected chi connectivity index (χ3v) is 3.84. The van der Waals surface area contributed by atoms with Crippen LogP contribution in [0.15, 0.2) is 36.7 Å². The highest BCUT2D eigenvalue weighted by molar-refractivity contribution is 5.26. The van der Waals surface area contributed by atoms with Gasteiger partial charge in [-0.05, 0) is 31.2 Å². The van der Waals surface area contributed by atoms with E-state index in [9.17, 15) is 0 Å². The lowest BCUT2D eigenvalue weighted by Crippen LogP contribution is -2.39. The lowest BCUT2D eigenvalue weighted by atomic mass is 9.75. The molecule has 1 aromatic heterocycles. The second-order valence-corrected chi connectivity index (χ2v) is 5.26. The summed E-state index contributed by atoms with van der Waals surface area (Å²) < 4.78 is 0. The van der Waals surface area contributed by atoms with Crippen molar-refractivity contribution in [2.24, 2.45) is 0 Å². The van der Waals surface area contributed by atoms with Crippen LogP contribution in [0.1, 0.15) is 35.4 Å². The van der Waals surface area contributed by atoms with E-state index < -0.39 is 0 Å². The normalized spacial score (nSPS) is 22.7. The summed E-state index contributed by atoms with van der Waals surface area (Å²) in [5.74, 6) is 0.743. The maximum Gasteiger partial charge on any atom is 0.0532 e. The first-order chi connectivity index (χ1) is 8.81. The zero-order chi connectivity index (χ0) is 12.4. The van der Waals surface area contributed by atoms with E-state index in [1.807, 2.05) is 12.4 Å². The van der Waals surface area contributed by atoms with Gasteiger partial charge in [0.25, 0.3) is 0 Å². The van der Waals surface area contributed by atoms with Gasteiger partial charge >= 0.3 is 0 Å². The third kappa shape index (κ3) is 2.46. The summed E-state index contributed by atoms with van der Waals surface area (Å²) in [4.78, 5) is 0. The summed E-state index contributed by atoms with van der Waals surface area (Å²) in [7, 11) is 0. The molecule has 94 valence electrons. The topological polar surface area (TPSA) is 40.7 Å². The molecule has 18 heavy (non-hydrogen) atoms. The van der Waals surface area contributed by atoms with Crippen molar-refractivity contribution in [2.45, 2.75) is 38.3 Å². The quantitative estimate of drug-likeness (QED) is 0.864. The second kappa shape index (κ2) is 4.94. The van der Waals surface area contributed by atoms with Crippen LogP contribution in [0.5, 0.6) is 0 Å². The van der Waals surface area contributed by atoms with E-state index in [1.54, 1.807) is 0 Å². The maximum atomic E-state index is 3.95. The van der Waals surface area contributed by atoms with Crippen LogP contribution in [-0.2, 0) is 6.54 Å². The fraction of sp³-hybridized carbons (Fsp3) is 0.400. The molecular weight excluding hydrogens is 222 g/mol. The van der Waals surface area contributed by atoms with Crippen LogP contribution in [0.3, 0.4) is 0 Å². The van der Waals surface area contributed by atoms with E-state index in [0.717, 1.165) is 12.5 Å². The predicted octanol–water partition coefficient (Wildman–Crippen LogP) is 2.75. The van der Waals surface area contributed by atoms with Gasteiger partial charge in [-0.15, -0.1) is 0 Å². The van der Waals surface area contributed by atoms with Crippen molar-refractivity contribution < 1.29 is 0 Å². The molecule has 2 aromatic rings. The fourth-order valence-corrected chi connectivity index (χ4v) is 2.53. The lowest BCUT2D eigenvalue weighted by molar-refractivity contribution is 0.289. The fourth-order valence-electron chi connectivity index (χ4n) is 2.53. The van der Waals surface area contributed by atoms with Crippen molar-refractivity contribution in [1.82, 2.24) is 15.5 Å². The van der Waals surface area contributed by atoms with Gasteiger partial charge in [0, 0.05) is 24.3 Å². The van der Waals surface area contributed by atoms with Gasteiger partial charge in [0.05, 0.1) is 6.20 Å². The van der Waals surface area contributed by atoms with Gasteiger partial charge < -0.3 is 5.32 Å². The van der Waals surface area contributed by atoms with Gasteiger partial charge in [-0.25, -0.2) is 0 Å². The van der Waals surface area contributed by atoms with E-state index in [-0.39, 0.29) is 0 Å². The molecule has 3 nitrogen and oxygen atoms in total. The van der Waals surface area contributed by atoms with Crippen LogP contribution in [0.2, 0.25) is 0 Å². The molecule has 0 radical (unpaired) electrons. The monoisotopic (exact) mass is 241 g/mol. The number of aryl methyl sites for hydroxylation is 1. The molecule has 3 rings (SSSR count). The number of benzene rings is 1. The number of hydrogen-bond donors (Lipinski definition) is 2. The first kappa shape index (κ1) is 11.5. The highest BCUT2D eigenvalue weighted by atomic mass is 15.1. The van der Waals surface area contributed by atoms with Crippen molar-refractivity contribution in [3.8, 4) is 0 Å². The number of aromatic amines is 1. The number of nitrogens with one attached hydrogen (secondary N) is 2. The Kier molecular flexibility index (Phi) is 3.15. The molecule has 2 N–H and O–H groups in total. The molecule has 1 heterocycles. The summed E-state index contributed by atoms with van der Waals surface area (Å²) >= 11 is 0. The second-order valence-electron chi connectivity index (χ2n) is 5.26. The highest BCUT2D eigenvalue weighted by Gasteiger charge is 2.29. The van der Waals surface area contributed by atoms with Crippen LogP contribution in [0.4, 0.5) is 0 Å². The van der Waals surface area contributed by atoms with Gasteiger partial charge in [0.2, 0.25) is 0 Å². The number of rotatable bonds is 4. The van der Waals surface area contributed by atoms with E-state index >= 15 is 0 Å². The van der Waals surface area contributed by atoms with Gasteiger partial charge in [0.15, 0.2) is 0 Å². The molecule has 0 aliphatic heterocycles. The van der Waals surface area contributed by atoms with Gasteiger partial charge in [-0.3, -0.25) is 5.10 Å². The Morgan fingerprint density at radius 3 is 2.72 bits per heavy atom. The SMILES string of the molecule is Cc1ccc(C2CC(NCc3cn[nH]c3)C2)cc1. The van der Waals surface area contributed by atoms with Gasteiger partial charge in [-0.1, -0.05) is 29.8 Å². The van der Waals surface area contributed by atoms with Crippen molar-refractivity contribution in [3.63, 3.8) is 0 Å². The van der Waals surface area contributed by atoms with Crippen LogP contribution in [-0.4, -0.2) is 16.2 Å². The number of hydrogen-bond acceptors (Lipinski definition) is 2. The van der Waals surface area contributed by atoms with Crippen molar-refractivity contribution in [3.05, 3.63) is 53.3 Å². The summed E-state index contributed by atoms with van der Waals surface area (Å²) in [6.07, 6.45) is 6.33. The molecule has 1 aliphatic carbocycles. The first-order valence-corrected chi connectivity index (χ1v) is 6.59. The van der Waals surface area contributed by atoms with E-state index in [2.05, 4.69) is 46.7 Å². The van der Waals surface area contributed by atoms with E-state index in [1.165, 1.54) is 29.5 Å². The smallest absolute Gasteiger partial charge is 0.0532 e. The van der Waals surface area contributed by atoms with Crippen molar-refractivity contribution in [1.29, 1.82) is 0 Å². The zero-order valence-corrected chi connectivity index (χ0v) is 10.7. The Hall–Kier alpha value is -1.61. The Balaban J connectivity index is 1.47. The molecule has 1 fully saturated rings. The largest absolute Gasteiger partial charge is 0.310 e. The Bertz CT molecular complexity index is 481. The minimum atomic E-state index is 0.659. The number of H-pyrrole nitrogens is 1. The number of aromatic nitrogens is 2. The summed E-state index contributed by atoms with van der Waals surface area (Å²) in [6.45, 7) is 3.06. The van der Waals surface area contributed by atoms with Crippen LogP contribution in [0.25, 0.3) is 0 Å². The van der Waals surface area contributed by atoms with Crippen molar-refractivity contribution in [2.75, 3.05) is 0 Å². The van der Waals surface area contributed by atoms with E-state index in [4.69, 9.17) is 0 Å². The van der Waals surface area contributed by atoms with Crippen LogP contribution >= 0.6 is 0 Å². The molecule has 1 aromatic carbocycles. The summed E-state index contributed by atoms with van der Waals surface area (Å²) in [5.41, 5.74) is 4.06. The van der Waals surface area contributed by atoms with Gasteiger partial charge in [0.1, 0.15) is 0 Å². The molecule has 0 bridgehead atoms. The average molecular weight is 241 g/mol. The Morgan fingerprint density at radius 1 is 1.28 bits per heavy atom. The summed E-state index contributed by atoms with van der Waals surface area (Å²) in [6, 6.07) is 9.62. The zero-order valence-electron chi connectivity index (χ0n) is 10.7. The molecule has 0 atom stereocenters. The summed E-state index contributed by atoms with van der Waals surface area (Å²) in [5, 5.41) is 10.4. The maximum absolute atomic E-state index is 3.95. The minimum absolute atomic E-state index is 0.659. The molecule has 3 heteroatoms.